The van der Waals surface area contributed by atoms with Gasteiger partial charge in [-0.15, -0.1) is 0 Å². The fraction of sp³-hybridized carbons (Fsp3) is 0.417. The minimum Gasteiger partial charge on any atom is -0.398 e. The highest BCUT2D eigenvalue weighted by Gasteiger charge is 2.14. The quantitative estimate of drug-likeness (QED) is 0.794. The number of halogens is 1. The maximum Gasteiger partial charge on any atom is 0.265 e. The predicted molar refractivity (Wildman–Crippen MR) is 68.8 cm³/mol. The van der Waals surface area contributed by atoms with Gasteiger partial charge < -0.3 is 5.73 Å². The lowest BCUT2D eigenvalue weighted by atomic mass is 10.1. The van der Waals surface area contributed by atoms with Gasteiger partial charge in [0.05, 0.1) is 10.7 Å². The molecule has 1 amide bonds. The number of anilines is 1. The van der Waals surface area contributed by atoms with Gasteiger partial charge in [0.25, 0.3) is 5.91 Å². The third-order valence-electron chi connectivity index (χ3n) is 2.88. The van der Waals surface area contributed by atoms with Gasteiger partial charge in [-0.25, -0.2) is 5.01 Å². The Balaban J connectivity index is 2.01. The molecule has 0 bridgehead atoms. The highest BCUT2D eigenvalue weighted by Crippen LogP contribution is 2.19. The molecule has 1 heterocycles. The molecule has 0 spiro atoms. The van der Waals surface area contributed by atoms with Gasteiger partial charge >= 0.3 is 0 Å². The molecule has 0 atom stereocenters. The van der Waals surface area contributed by atoms with Crippen molar-refractivity contribution in [2.24, 2.45) is 0 Å². The van der Waals surface area contributed by atoms with Crippen LogP contribution in [0, 0.1) is 0 Å². The largest absolute Gasteiger partial charge is 0.398 e. The summed E-state index contributed by atoms with van der Waals surface area (Å²) < 4.78 is 0. The summed E-state index contributed by atoms with van der Waals surface area (Å²) in [6.07, 6.45) is 3.49. The van der Waals surface area contributed by atoms with Crippen molar-refractivity contribution in [3.05, 3.63) is 28.8 Å². The first kappa shape index (κ1) is 12.2. The average molecular weight is 254 g/mol. The number of hydrogen-bond acceptors (Lipinski definition) is 3. The number of carbonyl (C=O) groups excluding carboxylic acids is 1. The van der Waals surface area contributed by atoms with Gasteiger partial charge in [0.2, 0.25) is 0 Å². The second kappa shape index (κ2) is 5.38. The number of nitrogens with one attached hydrogen (secondary N) is 1. The molecule has 0 aliphatic carbocycles. The third-order valence-corrected chi connectivity index (χ3v) is 3.21. The van der Waals surface area contributed by atoms with E-state index in [1.54, 1.807) is 18.2 Å². The van der Waals surface area contributed by atoms with E-state index in [9.17, 15) is 4.79 Å². The molecule has 1 saturated heterocycles. The summed E-state index contributed by atoms with van der Waals surface area (Å²) in [4.78, 5) is 11.9. The molecular formula is C12H16ClN3O. The van der Waals surface area contributed by atoms with Crippen LogP contribution in [0.4, 0.5) is 5.69 Å². The van der Waals surface area contributed by atoms with Gasteiger partial charge in [-0.3, -0.25) is 10.2 Å². The number of hydrazine groups is 1. The van der Waals surface area contributed by atoms with E-state index in [0.717, 1.165) is 25.9 Å². The number of benzene rings is 1. The monoisotopic (exact) mass is 253 g/mol. The molecule has 5 heteroatoms. The van der Waals surface area contributed by atoms with Crippen molar-refractivity contribution >= 4 is 23.2 Å². The predicted octanol–water partition coefficient (Wildman–Crippen LogP) is 2.05. The van der Waals surface area contributed by atoms with Gasteiger partial charge in [-0.05, 0) is 31.0 Å². The molecule has 0 radical (unpaired) electrons. The van der Waals surface area contributed by atoms with E-state index >= 15 is 0 Å². The first-order chi connectivity index (χ1) is 8.16. The molecule has 1 aliphatic rings. The second-order valence-electron chi connectivity index (χ2n) is 4.22. The first-order valence-electron chi connectivity index (χ1n) is 5.78. The van der Waals surface area contributed by atoms with E-state index < -0.39 is 0 Å². The maximum absolute atomic E-state index is 11.9. The van der Waals surface area contributed by atoms with Crippen molar-refractivity contribution in [1.82, 2.24) is 10.4 Å². The Kier molecular flexibility index (Phi) is 3.86. The third kappa shape index (κ3) is 3.11. The molecule has 0 saturated carbocycles. The van der Waals surface area contributed by atoms with Crippen LogP contribution in [0.1, 0.15) is 29.6 Å². The Labute approximate surface area is 106 Å². The highest BCUT2D eigenvalue weighted by molar-refractivity contribution is 6.33. The summed E-state index contributed by atoms with van der Waals surface area (Å²) in [7, 11) is 0. The number of hydrogen-bond donors (Lipinski definition) is 2. The summed E-state index contributed by atoms with van der Waals surface area (Å²) >= 11 is 5.88. The van der Waals surface area contributed by atoms with Crippen LogP contribution >= 0.6 is 11.6 Å². The summed E-state index contributed by atoms with van der Waals surface area (Å²) in [5.41, 5.74) is 9.50. The Morgan fingerprint density at radius 1 is 1.29 bits per heavy atom. The number of nitrogens with two attached hydrogens (primary N) is 1. The van der Waals surface area contributed by atoms with Crippen molar-refractivity contribution in [3.63, 3.8) is 0 Å². The van der Waals surface area contributed by atoms with Crippen LogP contribution in [0.2, 0.25) is 5.02 Å². The normalized spacial score (nSPS) is 16.8. The lowest BCUT2D eigenvalue weighted by Gasteiger charge is -2.26. The van der Waals surface area contributed by atoms with Gasteiger partial charge in [-0.2, -0.15) is 0 Å². The SMILES string of the molecule is Nc1ccc(C(=O)NN2CCCCC2)cc1Cl. The van der Waals surface area contributed by atoms with Crippen molar-refractivity contribution < 1.29 is 4.79 Å². The second-order valence-corrected chi connectivity index (χ2v) is 4.63. The Morgan fingerprint density at radius 3 is 2.65 bits per heavy atom. The van der Waals surface area contributed by atoms with E-state index in [0.29, 0.717) is 16.3 Å². The van der Waals surface area contributed by atoms with Crippen LogP contribution in [-0.4, -0.2) is 24.0 Å². The molecule has 0 aromatic heterocycles. The molecule has 0 unspecified atom stereocenters. The number of nitrogen functional groups attached to an aromatic ring is 1. The van der Waals surface area contributed by atoms with Gasteiger partial charge in [-0.1, -0.05) is 18.0 Å². The first-order valence-corrected chi connectivity index (χ1v) is 6.15. The lowest BCUT2D eigenvalue weighted by molar-refractivity contribution is 0.0750. The molecule has 2 rings (SSSR count). The number of amides is 1. The van der Waals surface area contributed by atoms with E-state index in [-0.39, 0.29) is 5.91 Å². The zero-order chi connectivity index (χ0) is 12.3. The Bertz CT molecular complexity index is 416. The molecular weight excluding hydrogens is 238 g/mol. The Hall–Kier alpha value is -1.26. The highest BCUT2D eigenvalue weighted by atomic mass is 35.5. The summed E-state index contributed by atoms with van der Waals surface area (Å²) in [6, 6.07) is 4.92. The van der Waals surface area contributed by atoms with Gasteiger partial charge in [0, 0.05) is 18.7 Å². The van der Waals surface area contributed by atoms with E-state index in [4.69, 9.17) is 17.3 Å². The molecule has 1 aromatic carbocycles. The molecule has 4 nitrogen and oxygen atoms in total. The van der Waals surface area contributed by atoms with Crippen molar-refractivity contribution in [2.75, 3.05) is 18.8 Å². The van der Waals surface area contributed by atoms with Gasteiger partial charge in [0.15, 0.2) is 0 Å². The lowest BCUT2D eigenvalue weighted by Crippen LogP contribution is -2.45. The van der Waals surface area contributed by atoms with Crippen molar-refractivity contribution in [1.29, 1.82) is 0 Å². The topological polar surface area (TPSA) is 58.4 Å². The molecule has 17 heavy (non-hydrogen) atoms. The minimum atomic E-state index is -0.131. The van der Waals surface area contributed by atoms with Crippen LogP contribution in [0.5, 0.6) is 0 Å². The van der Waals surface area contributed by atoms with Crippen LogP contribution in [-0.2, 0) is 0 Å². The number of rotatable bonds is 2. The zero-order valence-corrected chi connectivity index (χ0v) is 10.3. The summed E-state index contributed by atoms with van der Waals surface area (Å²) in [6.45, 7) is 1.82. The van der Waals surface area contributed by atoms with Crippen LogP contribution in [0.25, 0.3) is 0 Å². The molecule has 1 fully saturated rings. The van der Waals surface area contributed by atoms with Gasteiger partial charge in [0.1, 0.15) is 0 Å². The minimum absolute atomic E-state index is 0.131. The number of piperidine rings is 1. The van der Waals surface area contributed by atoms with Crippen LogP contribution < -0.4 is 11.2 Å². The van der Waals surface area contributed by atoms with Crippen molar-refractivity contribution in [2.45, 2.75) is 19.3 Å². The zero-order valence-electron chi connectivity index (χ0n) is 9.58. The molecule has 1 aliphatic heterocycles. The smallest absolute Gasteiger partial charge is 0.265 e. The van der Waals surface area contributed by atoms with E-state index in [2.05, 4.69) is 5.43 Å². The standard InChI is InChI=1S/C12H16ClN3O/c13-10-8-9(4-5-11(10)14)12(17)15-16-6-2-1-3-7-16/h4-5,8H,1-3,6-7,14H2,(H,15,17). The summed E-state index contributed by atoms with van der Waals surface area (Å²) in [5, 5.41) is 2.37. The number of nitrogens with zero attached hydrogens (tertiary/aromatic N) is 1. The Morgan fingerprint density at radius 2 is 2.00 bits per heavy atom. The average Bonchev–Trinajstić information content (AvgIpc) is 2.34. The fourth-order valence-electron chi connectivity index (χ4n) is 1.88. The molecule has 92 valence electrons. The van der Waals surface area contributed by atoms with Crippen molar-refractivity contribution in [3.8, 4) is 0 Å². The van der Waals surface area contributed by atoms with E-state index in [1.165, 1.54) is 6.42 Å². The molecule has 3 N–H and O–H groups in total. The van der Waals surface area contributed by atoms with Crippen LogP contribution in [0.3, 0.4) is 0 Å². The molecule has 1 aromatic rings. The van der Waals surface area contributed by atoms with Crippen LogP contribution in [0.15, 0.2) is 18.2 Å². The summed E-state index contributed by atoms with van der Waals surface area (Å²) in [5.74, 6) is -0.131. The fourth-order valence-corrected chi connectivity index (χ4v) is 2.06. The number of carbonyl (C=O) groups is 1. The maximum atomic E-state index is 11.9. The van der Waals surface area contributed by atoms with E-state index in [1.807, 2.05) is 5.01 Å².